The van der Waals surface area contributed by atoms with E-state index in [1.54, 1.807) is 0 Å². The van der Waals surface area contributed by atoms with Gasteiger partial charge in [-0.3, -0.25) is 14.5 Å². The zero-order valence-corrected chi connectivity index (χ0v) is 16.7. The van der Waals surface area contributed by atoms with Crippen molar-refractivity contribution in [2.75, 3.05) is 26.2 Å². The highest BCUT2D eigenvalue weighted by molar-refractivity contribution is 5.80. The van der Waals surface area contributed by atoms with Crippen LogP contribution in [-0.2, 0) is 22.6 Å². The minimum atomic E-state index is 0.105. The Bertz CT molecular complexity index is 653. The van der Waals surface area contributed by atoms with Gasteiger partial charge in [-0.1, -0.05) is 37.6 Å². The molecule has 1 atom stereocenters. The number of carbonyl (C=O) groups is 2. The summed E-state index contributed by atoms with van der Waals surface area (Å²) in [6.45, 7) is 7.87. The number of hydrogen-bond acceptors (Lipinski definition) is 3. The van der Waals surface area contributed by atoms with Crippen LogP contribution in [0.1, 0.15) is 50.7 Å². The Morgan fingerprint density at radius 1 is 1.15 bits per heavy atom. The first-order valence-electron chi connectivity index (χ1n) is 10.4. The average molecular weight is 372 g/mol. The van der Waals surface area contributed by atoms with Crippen LogP contribution in [0.15, 0.2) is 24.3 Å². The molecular weight excluding hydrogens is 338 g/mol. The van der Waals surface area contributed by atoms with Crippen molar-refractivity contribution in [2.45, 2.75) is 58.5 Å². The standard InChI is InChI=1S/C22H33N3O2/c1-3-6-17(2)23-21(26)16-24-12-9-19(10-13-24)22(27)25-14-11-18-7-4-5-8-20(18)15-25/h4-5,7-8,17,19H,3,6,9-16H2,1-2H3,(H,23,26)/t17-/m0/s1. The Balaban J connectivity index is 1.44. The van der Waals surface area contributed by atoms with Gasteiger partial charge in [0.15, 0.2) is 0 Å². The van der Waals surface area contributed by atoms with E-state index in [0.717, 1.165) is 58.3 Å². The largest absolute Gasteiger partial charge is 0.353 e. The Hall–Kier alpha value is -1.88. The van der Waals surface area contributed by atoms with E-state index in [1.807, 2.05) is 4.90 Å². The molecule has 0 unspecified atom stereocenters. The SMILES string of the molecule is CCC[C@H](C)NC(=O)CN1CCC(C(=O)N2CCc3ccccc3C2)CC1. The number of likely N-dealkylation sites (tertiary alicyclic amines) is 1. The summed E-state index contributed by atoms with van der Waals surface area (Å²) < 4.78 is 0. The number of benzene rings is 1. The van der Waals surface area contributed by atoms with Gasteiger partial charge in [0.2, 0.25) is 11.8 Å². The Morgan fingerprint density at radius 3 is 2.56 bits per heavy atom. The fraction of sp³-hybridized carbons (Fsp3) is 0.636. The summed E-state index contributed by atoms with van der Waals surface area (Å²) in [4.78, 5) is 29.3. The summed E-state index contributed by atoms with van der Waals surface area (Å²) in [7, 11) is 0. The molecule has 0 aromatic heterocycles. The number of piperidine rings is 1. The van der Waals surface area contributed by atoms with Crippen LogP contribution < -0.4 is 5.32 Å². The van der Waals surface area contributed by atoms with Crippen molar-refractivity contribution in [2.24, 2.45) is 5.92 Å². The van der Waals surface area contributed by atoms with E-state index >= 15 is 0 Å². The fourth-order valence-corrected chi connectivity index (χ4v) is 4.31. The predicted octanol–water partition coefficient (Wildman–Crippen LogP) is 2.59. The first kappa shape index (κ1) is 19.9. The predicted molar refractivity (Wildman–Crippen MR) is 107 cm³/mol. The molecular formula is C22H33N3O2. The fourth-order valence-electron chi connectivity index (χ4n) is 4.31. The van der Waals surface area contributed by atoms with Gasteiger partial charge in [0.25, 0.3) is 0 Å². The minimum Gasteiger partial charge on any atom is -0.353 e. The lowest BCUT2D eigenvalue weighted by Crippen LogP contribution is -2.47. The van der Waals surface area contributed by atoms with E-state index < -0.39 is 0 Å². The molecule has 1 aromatic carbocycles. The molecule has 5 nitrogen and oxygen atoms in total. The highest BCUT2D eigenvalue weighted by Gasteiger charge is 2.30. The van der Waals surface area contributed by atoms with Crippen molar-refractivity contribution >= 4 is 11.8 Å². The van der Waals surface area contributed by atoms with Crippen molar-refractivity contribution in [3.8, 4) is 0 Å². The smallest absolute Gasteiger partial charge is 0.234 e. The summed E-state index contributed by atoms with van der Waals surface area (Å²) >= 11 is 0. The molecule has 0 bridgehead atoms. The maximum Gasteiger partial charge on any atom is 0.234 e. The monoisotopic (exact) mass is 371 g/mol. The second-order valence-corrected chi connectivity index (χ2v) is 8.09. The van der Waals surface area contributed by atoms with Crippen LogP contribution in [0.4, 0.5) is 0 Å². The molecule has 1 saturated heterocycles. The minimum absolute atomic E-state index is 0.105. The molecule has 1 aromatic rings. The normalized spacial score (nSPS) is 19.4. The van der Waals surface area contributed by atoms with Crippen molar-refractivity contribution in [3.63, 3.8) is 0 Å². The average Bonchev–Trinajstić information content (AvgIpc) is 2.67. The number of amides is 2. The first-order chi connectivity index (χ1) is 13.1. The topological polar surface area (TPSA) is 52.7 Å². The highest BCUT2D eigenvalue weighted by Crippen LogP contribution is 2.24. The summed E-state index contributed by atoms with van der Waals surface area (Å²) in [5.74, 6) is 0.507. The second kappa shape index (κ2) is 9.36. The van der Waals surface area contributed by atoms with Crippen LogP contribution in [0, 0.1) is 5.92 Å². The first-order valence-corrected chi connectivity index (χ1v) is 10.4. The number of hydrogen-bond donors (Lipinski definition) is 1. The van der Waals surface area contributed by atoms with Gasteiger partial charge in [0.1, 0.15) is 0 Å². The zero-order chi connectivity index (χ0) is 19.2. The summed E-state index contributed by atoms with van der Waals surface area (Å²) in [6, 6.07) is 8.67. The molecule has 1 N–H and O–H groups in total. The van der Waals surface area contributed by atoms with E-state index in [1.165, 1.54) is 11.1 Å². The summed E-state index contributed by atoms with van der Waals surface area (Å²) in [6.07, 6.45) is 4.76. The van der Waals surface area contributed by atoms with Gasteiger partial charge in [-0.2, -0.15) is 0 Å². The molecule has 0 spiro atoms. The van der Waals surface area contributed by atoms with E-state index in [-0.39, 0.29) is 17.9 Å². The molecule has 0 saturated carbocycles. The number of rotatable bonds is 6. The maximum atomic E-state index is 12.9. The molecule has 2 aliphatic rings. The second-order valence-electron chi connectivity index (χ2n) is 8.09. The maximum absolute atomic E-state index is 12.9. The van der Waals surface area contributed by atoms with E-state index in [4.69, 9.17) is 0 Å². The molecule has 1 fully saturated rings. The molecule has 2 amide bonds. The van der Waals surface area contributed by atoms with Gasteiger partial charge in [-0.25, -0.2) is 0 Å². The van der Waals surface area contributed by atoms with Gasteiger partial charge in [-0.05, 0) is 56.8 Å². The number of fused-ring (bicyclic) bond motifs is 1. The highest BCUT2D eigenvalue weighted by atomic mass is 16.2. The quantitative estimate of drug-likeness (QED) is 0.836. The Kier molecular flexibility index (Phi) is 6.89. The van der Waals surface area contributed by atoms with E-state index in [2.05, 4.69) is 48.3 Å². The number of carbonyl (C=O) groups excluding carboxylic acids is 2. The third-order valence-corrected chi connectivity index (χ3v) is 5.88. The van der Waals surface area contributed by atoms with Gasteiger partial charge < -0.3 is 10.2 Å². The van der Waals surface area contributed by atoms with Crippen LogP contribution >= 0.6 is 0 Å². The van der Waals surface area contributed by atoms with Crippen molar-refractivity contribution < 1.29 is 9.59 Å². The Labute approximate surface area is 163 Å². The zero-order valence-electron chi connectivity index (χ0n) is 16.7. The lowest BCUT2D eigenvalue weighted by Gasteiger charge is -2.36. The lowest BCUT2D eigenvalue weighted by atomic mass is 9.93. The van der Waals surface area contributed by atoms with Crippen molar-refractivity contribution in [1.82, 2.24) is 15.1 Å². The third kappa shape index (κ3) is 5.32. The molecule has 0 aliphatic carbocycles. The van der Waals surface area contributed by atoms with Crippen molar-refractivity contribution in [1.29, 1.82) is 0 Å². The molecule has 27 heavy (non-hydrogen) atoms. The van der Waals surface area contributed by atoms with Gasteiger partial charge in [0, 0.05) is 25.0 Å². The molecule has 3 rings (SSSR count). The molecule has 2 aliphatic heterocycles. The molecule has 148 valence electrons. The van der Waals surface area contributed by atoms with Crippen LogP contribution in [0.25, 0.3) is 0 Å². The van der Waals surface area contributed by atoms with Gasteiger partial charge in [0.05, 0.1) is 6.54 Å². The van der Waals surface area contributed by atoms with Crippen LogP contribution in [0.3, 0.4) is 0 Å². The molecule has 2 heterocycles. The third-order valence-electron chi connectivity index (χ3n) is 5.88. The molecule has 0 radical (unpaired) electrons. The Morgan fingerprint density at radius 2 is 1.85 bits per heavy atom. The van der Waals surface area contributed by atoms with E-state index in [0.29, 0.717) is 12.5 Å². The van der Waals surface area contributed by atoms with E-state index in [9.17, 15) is 9.59 Å². The lowest BCUT2D eigenvalue weighted by molar-refractivity contribution is -0.138. The van der Waals surface area contributed by atoms with Crippen LogP contribution in [0.5, 0.6) is 0 Å². The van der Waals surface area contributed by atoms with Crippen molar-refractivity contribution in [3.05, 3.63) is 35.4 Å². The summed E-state index contributed by atoms with van der Waals surface area (Å²) in [5, 5.41) is 3.07. The van der Waals surface area contributed by atoms with Gasteiger partial charge >= 0.3 is 0 Å². The van der Waals surface area contributed by atoms with Crippen LogP contribution in [-0.4, -0.2) is 53.8 Å². The number of nitrogens with zero attached hydrogens (tertiary/aromatic N) is 2. The summed E-state index contributed by atoms with van der Waals surface area (Å²) in [5.41, 5.74) is 2.66. The van der Waals surface area contributed by atoms with Gasteiger partial charge in [-0.15, -0.1) is 0 Å². The van der Waals surface area contributed by atoms with Crippen LogP contribution in [0.2, 0.25) is 0 Å². The molecule has 5 heteroatoms. The number of nitrogens with one attached hydrogen (secondary N) is 1.